The molecule has 1 amide bonds. The first-order valence-corrected chi connectivity index (χ1v) is 5.54. The Kier molecular flexibility index (Phi) is 5.53. The molecule has 1 aromatic carbocycles. The van der Waals surface area contributed by atoms with Gasteiger partial charge in [-0.15, -0.1) is 0 Å². The highest BCUT2D eigenvalue weighted by atomic mass is 19.1. The quantitative estimate of drug-likeness (QED) is 0.772. The molecule has 0 aliphatic carbocycles. The standard InChI is InChI=1S/C13H14FNO4/c1-2-7-19-13(18)15-8-11(12(16)17)9-3-5-10(14)6-4-9/h2-6,11H,1,7-8H2,(H,15,18)(H,16,17). The summed E-state index contributed by atoms with van der Waals surface area (Å²) in [5.41, 5.74) is 0.401. The van der Waals surface area contributed by atoms with Crippen LogP contribution in [0.25, 0.3) is 0 Å². The van der Waals surface area contributed by atoms with Crippen LogP contribution in [-0.4, -0.2) is 30.3 Å². The minimum Gasteiger partial charge on any atom is -0.481 e. The molecule has 0 saturated carbocycles. The molecule has 0 bridgehead atoms. The molecule has 2 N–H and O–H groups in total. The molecule has 6 heteroatoms. The molecule has 1 aromatic rings. The first-order valence-electron chi connectivity index (χ1n) is 5.54. The zero-order valence-corrected chi connectivity index (χ0v) is 10.1. The largest absolute Gasteiger partial charge is 0.481 e. The Morgan fingerprint density at radius 2 is 2.05 bits per heavy atom. The molecule has 19 heavy (non-hydrogen) atoms. The number of carboxylic acids is 1. The lowest BCUT2D eigenvalue weighted by atomic mass is 9.99. The predicted molar refractivity (Wildman–Crippen MR) is 66.3 cm³/mol. The van der Waals surface area contributed by atoms with Crippen LogP contribution in [0.3, 0.4) is 0 Å². The van der Waals surface area contributed by atoms with Gasteiger partial charge in [0.1, 0.15) is 12.4 Å². The number of alkyl carbamates (subject to hydrolysis) is 1. The molecule has 1 atom stereocenters. The molecular formula is C13H14FNO4. The number of amides is 1. The summed E-state index contributed by atoms with van der Waals surface area (Å²) in [5, 5.41) is 11.4. The molecule has 0 saturated heterocycles. The summed E-state index contributed by atoms with van der Waals surface area (Å²) in [6.45, 7) is 3.28. The summed E-state index contributed by atoms with van der Waals surface area (Å²) < 4.78 is 17.4. The highest BCUT2D eigenvalue weighted by molar-refractivity contribution is 5.77. The average Bonchev–Trinajstić information content (AvgIpc) is 2.38. The topological polar surface area (TPSA) is 75.6 Å². The van der Waals surface area contributed by atoms with Gasteiger partial charge in [-0.05, 0) is 17.7 Å². The van der Waals surface area contributed by atoms with Gasteiger partial charge in [0.15, 0.2) is 0 Å². The summed E-state index contributed by atoms with van der Waals surface area (Å²) in [5.74, 6) is -2.53. The van der Waals surface area contributed by atoms with E-state index in [4.69, 9.17) is 5.11 Å². The van der Waals surface area contributed by atoms with E-state index in [1.54, 1.807) is 0 Å². The van der Waals surface area contributed by atoms with Crippen molar-refractivity contribution in [3.63, 3.8) is 0 Å². The number of carbonyl (C=O) groups excluding carboxylic acids is 1. The van der Waals surface area contributed by atoms with E-state index in [9.17, 15) is 14.0 Å². The fraction of sp³-hybridized carbons (Fsp3) is 0.231. The van der Waals surface area contributed by atoms with Crippen LogP contribution in [0.4, 0.5) is 9.18 Å². The van der Waals surface area contributed by atoms with Crippen molar-refractivity contribution in [2.24, 2.45) is 0 Å². The second kappa shape index (κ2) is 7.15. The lowest BCUT2D eigenvalue weighted by molar-refractivity contribution is -0.138. The minimum absolute atomic E-state index is 0.0418. The third kappa shape index (κ3) is 4.79. The van der Waals surface area contributed by atoms with Crippen molar-refractivity contribution in [2.75, 3.05) is 13.2 Å². The lowest BCUT2D eigenvalue weighted by Gasteiger charge is -2.13. The number of carboxylic acid groups (broad SMARTS) is 1. The normalized spacial score (nSPS) is 11.4. The summed E-state index contributed by atoms with van der Waals surface area (Å²) >= 11 is 0. The third-order valence-corrected chi connectivity index (χ3v) is 2.35. The van der Waals surface area contributed by atoms with E-state index < -0.39 is 23.8 Å². The molecule has 0 aromatic heterocycles. The fourth-order valence-corrected chi connectivity index (χ4v) is 1.41. The monoisotopic (exact) mass is 267 g/mol. The summed E-state index contributed by atoms with van der Waals surface area (Å²) in [4.78, 5) is 22.3. The molecule has 1 rings (SSSR count). The van der Waals surface area contributed by atoms with Crippen molar-refractivity contribution in [1.82, 2.24) is 5.32 Å². The molecule has 0 fully saturated rings. The van der Waals surface area contributed by atoms with Crippen molar-refractivity contribution in [2.45, 2.75) is 5.92 Å². The van der Waals surface area contributed by atoms with Crippen molar-refractivity contribution in [1.29, 1.82) is 0 Å². The van der Waals surface area contributed by atoms with Gasteiger partial charge in [0.25, 0.3) is 0 Å². The number of rotatable bonds is 6. The molecule has 0 spiro atoms. The van der Waals surface area contributed by atoms with Crippen LogP contribution in [-0.2, 0) is 9.53 Å². The molecular weight excluding hydrogens is 253 g/mol. The van der Waals surface area contributed by atoms with E-state index in [1.165, 1.54) is 30.3 Å². The fourth-order valence-electron chi connectivity index (χ4n) is 1.41. The third-order valence-electron chi connectivity index (χ3n) is 2.35. The smallest absolute Gasteiger partial charge is 0.407 e. The highest BCUT2D eigenvalue weighted by Crippen LogP contribution is 2.16. The number of benzene rings is 1. The van der Waals surface area contributed by atoms with Gasteiger partial charge in [-0.3, -0.25) is 4.79 Å². The van der Waals surface area contributed by atoms with E-state index in [1.807, 2.05) is 0 Å². The van der Waals surface area contributed by atoms with Gasteiger partial charge in [0, 0.05) is 6.54 Å². The van der Waals surface area contributed by atoms with Gasteiger partial charge in [-0.2, -0.15) is 0 Å². The molecule has 0 heterocycles. The second-order valence-electron chi connectivity index (χ2n) is 3.71. The first-order chi connectivity index (χ1) is 9.04. The second-order valence-corrected chi connectivity index (χ2v) is 3.71. The van der Waals surface area contributed by atoms with Crippen LogP contribution >= 0.6 is 0 Å². The van der Waals surface area contributed by atoms with Crippen LogP contribution in [0.1, 0.15) is 11.5 Å². The Hall–Kier alpha value is -2.37. The number of hydrogen-bond acceptors (Lipinski definition) is 3. The van der Waals surface area contributed by atoms with Gasteiger partial charge in [0.2, 0.25) is 0 Å². The Labute approximate surface area is 109 Å². The number of ether oxygens (including phenoxy) is 1. The summed E-state index contributed by atoms with van der Waals surface area (Å²) in [6, 6.07) is 5.07. The SMILES string of the molecule is C=CCOC(=O)NCC(C(=O)O)c1ccc(F)cc1. The van der Waals surface area contributed by atoms with Crippen LogP contribution in [0, 0.1) is 5.82 Å². The number of carbonyl (C=O) groups is 2. The van der Waals surface area contributed by atoms with Crippen molar-refractivity contribution < 1.29 is 23.8 Å². The Bertz CT molecular complexity index is 458. The molecule has 0 aliphatic heterocycles. The lowest BCUT2D eigenvalue weighted by Crippen LogP contribution is -2.32. The number of halogens is 1. The van der Waals surface area contributed by atoms with Gasteiger partial charge in [0.05, 0.1) is 5.92 Å². The molecule has 0 radical (unpaired) electrons. The minimum atomic E-state index is -1.12. The van der Waals surface area contributed by atoms with Crippen molar-refractivity contribution in [3.8, 4) is 0 Å². The number of nitrogens with one attached hydrogen (secondary N) is 1. The van der Waals surface area contributed by atoms with E-state index in [0.717, 1.165) is 0 Å². The summed E-state index contributed by atoms with van der Waals surface area (Å²) in [6.07, 6.45) is 0.669. The Morgan fingerprint density at radius 3 is 2.58 bits per heavy atom. The maximum Gasteiger partial charge on any atom is 0.407 e. The Balaban J connectivity index is 2.63. The van der Waals surface area contributed by atoms with E-state index >= 15 is 0 Å². The maximum atomic E-state index is 12.8. The number of hydrogen-bond donors (Lipinski definition) is 2. The summed E-state index contributed by atoms with van der Waals surface area (Å²) in [7, 11) is 0. The van der Waals surface area contributed by atoms with Gasteiger partial charge >= 0.3 is 12.1 Å². The van der Waals surface area contributed by atoms with Crippen LogP contribution in [0.5, 0.6) is 0 Å². The molecule has 102 valence electrons. The van der Waals surface area contributed by atoms with Gasteiger partial charge < -0.3 is 15.2 Å². The zero-order chi connectivity index (χ0) is 14.3. The van der Waals surface area contributed by atoms with Crippen LogP contribution in [0.2, 0.25) is 0 Å². The predicted octanol–water partition coefficient (Wildman–Crippen LogP) is 1.91. The Morgan fingerprint density at radius 1 is 1.42 bits per heavy atom. The number of aliphatic carboxylic acids is 1. The molecule has 1 unspecified atom stereocenters. The molecule has 0 aliphatic rings. The zero-order valence-electron chi connectivity index (χ0n) is 10.1. The first kappa shape index (κ1) is 14.7. The van der Waals surface area contributed by atoms with Crippen LogP contribution in [0.15, 0.2) is 36.9 Å². The van der Waals surface area contributed by atoms with E-state index in [2.05, 4.69) is 16.6 Å². The van der Waals surface area contributed by atoms with Crippen molar-refractivity contribution in [3.05, 3.63) is 48.3 Å². The highest BCUT2D eigenvalue weighted by Gasteiger charge is 2.20. The van der Waals surface area contributed by atoms with Crippen LogP contribution < -0.4 is 5.32 Å². The molecule has 5 nitrogen and oxygen atoms in total. The van der Waals surface area contributed by atoms with E-state index in [-0.39, 0.29) is 13.2 Å². The van der Waals surface area contributed by atoms with Crippen molar-refractivity contribution >= 4 is 12.1 Å². The van der Waals surface area contributed by atoms with E-state index in [0.29, 0.717) is 5.56 Å². The maximum absolute atomic E-state index is 12.8. The van der Waals surface area contributed by atoms with Gasteiger partial charge in [-0.25, -0.2) is 9.18 Å². The van der Waals surface area contributed by atoms with Gasteiger partial charge in [-0.1, -0.05) is 24.8 Å². The average molecular weight is 267 g/mol.